The Balaban J connectivity index is 2.07. The Morgan fingerprint density at radius 2 is 2.05 bits per heavy atom. The molecule has 0 aliphatic heterocycles. The zero-order chi connectivity index (χ0) is 13.7. The second-order valence-electron chi connectivity index (χ2n) is 5.27. The standard InChI is InChI=1S/C16H21FN2/c1-2-19(15-6-4-3-5-7-15)12-14-9-8-13(11-18)10-16(14)17/h8-10,15H,2-7,12H2,1H3. The van der Waals surface area contributed by atoms with E-state index < -0.39 is 0 Å². The van der Waals surface area contributed by atoms with Gasteiger partial charge in [-0.2, -0.15) is 5.26 Å². The molecular formula is C16H21FN2. The summed E-state index contributed by atoms with van der Waals surface area (Å²) in [7, 11) is 0. The van der Waals surface area contributed by atoms with Crippen molar-refractivity contribution in [3.05, 3.63) is 35.1 Å². The summed E-state index contributed by atoms with van der Waals surface area (Å²) >= 11 is 0. The van der Waals surface area contributed by atoms with Crippen LogP contribution in [0.5, 0.6) is 0 Å². The van der Waals surface area contributed by atoms with E-state index in [1.165, 1.54) is 38.2 Å². The van der Waals surface area contributed by atoms with Gasteiger partial charge in [0.2, 0.25) is 0 Å². The van der Waals surface area contributed by atoms with Gasteiger partial charge in [0.15, 0.2) is 0 Å². The van der Waals surface area contributed by atoms with Crippen LogP contribution in [0, 0.1) is 17.1 Å². The number of hydrogen-bond donors (Lipinski definition) is 0. The van der Waals surface area contributed by atoms with Crippen molar-refractivity contribution in [2.45, 2.75) is 51.6 Å². The molecule has 0 N–H and O–H groups in total. The van der Waals surface area contributed by atoms with Crippen LogP contribution >= 0.6 is 0 Å². The van der Waals surface area contributed by atoms with Crippen LogP contribution < -0.4 is 0 Å². The van der Waals surface area contributed by atoms with Gasteiger partial charge in [-0.1, -0.05) is 32.3 Å². The minimum atomic E-state index is -0.256. The van der Waals surface area contributed by atoms with Crippen molar-refractivity contribution in [1.29, 1.82) is 5.26 Å². The van der Waals surface area contributed by atoms with Crippen molar-refractivity contribution in [2.75, 3.05) is 6.54 Å². The Kier molecular flexibility index (Phi) is 4.93. The molecule has 1 aromatic rings. The topological polar surface area (TPSA) is 27.0 Å². The van der Waals surface area contributed by atoms with E-state index in [1.807, 2.05) is 6.07 Å². The van der Waals surface area contributed by atoms with E-state index >= 15 is 0 Å². The maximum atomic E-state index is 13.9. The highest BCUT2D eigenvalue weighted by Crippen LogP contribution is 2.24. The second kappa shape index (κ2) is 6.68. The van der Waals surface area contributed by atoms with Gasteiger partial charge in [-0.3, -0.25) is 4.90 Å². The molecule has 1 saturated carbocycles. The van der Waals surface area contributed by atoms with Crippen molar-refractivity contribution in [2.24, 2.45) is 0 Å². The van der Waals surface area contributed by atoms with Gasteiger partial charge in [-0.05, 0) is 31.5 Å². The van der Waals surface area contributed by atoms with Crippen LogP contribution in [0.25, 0.3) is 0 Å². The van der Waals surface area contributed by atoms with Gasteiger partial charge in [0, 0.05) is 18.2 Å². The molecule has 1 aliphatic carbocycles. The number of nitriles is 1. The molecule has 1 aromatic carbocycles. The molecular weight excluding hydrogens is 239 g/mol. The lowest BCUT2D eigenvalue weighted by molar-refractivity contribution is 0.154. The van der Waals surface area contributed by atoms with E-state index in [9.17, 15) is 4.39 Å². The minimum Gasteiger partial charge on any atom is -0.296 e. The molecule has 3 heteroatoms. The van der Waals surface area contributed by atoms with E-state index in [1.54, 1.807) is 12.1 Å². The lowest BCUT2D eigenvalue weighted by atomic mass is 9.94. The van der Waals surface area contributed by atoms with Gasteiger partial charge in [0.25, 0.3) is 0 Å². The van der Waals surface area contributed by atoms with Crippen LogP contribution in [0.2, 0.25) is 0 Å². The lowest BCUT2D eigenvalue weighted by Gasteiger charge is -2.33. The number of hydrogen-bond acceptors (Lipinski definition) is 2. The normalized spacial score (nSPS) is 16.5. The van der Waals surface area contributed by atoms with Crippen molar-refractivity contribution in [3.8, 4) is 6.07 Å². The molecule has 0 spiro atoms. The first-order chi connectivity index (χ1) is 9.24. The summed E-state index contributed by atoms with van der Waals surface area (Å²) in [6, 6.07) is 7.35. The molecule has 0 atom stereocenters. The molecule has 0 amide bonds. The third-order valence-corrected chi connectivity index (χ3v) is 4.05. The highest BCUT2D eigenvalue weighted by atomic mass is 19.1. The molecule has 1 aliphatic rings. The molecule has 0 heterocycles. The number of halogens is 1. The van der Waals surface area contributed by atoms with Crippen LogP contribution in [-0.4, -0.2) is 17.5 Å². The maximum Gasteiger partial charge on any atom is 0.129 e. The summed E-state index contributed by atoms with van der Waals surface area (Å²) in [6.07, 6.45) is 6.37. The lowest BCUT2D eigenvalue weighted by Crippen LogP contribution is -2.36. The molecule has 0 unspecified atom stereocenters. The Hall–Kier alpha value is -1.40. The fraction of sp³-hybridized carbons (Fsp3) is 0.562. The van der Waals surface area contributed by atoms with Crippen LogP contribution in [0.4, 0.5) is 4.39 Å². The highest BCUT2D eigenvalue weighted by Gasteiger charge is 2.20. The van der Waals surface area contributed by atoms with Crippen molar-refractivity contribution < 1.29 is 4.39 Å². The Bertz CT molecular complexity index is 458. The van der Waals surface area contributed by atoms with Crippen molar-refractivity contribution in [3.63, 3.8) is 0 Å². The zero-order valence-electron chi connectivity index (χ0n) is 11.5. The average molecular weight is 260 g/mol. The molecule has 1 fully saturated rings. The Morgan fingerprint density at radius 3 is 2.63 bits per heavy atom. The molecule has 0 radical (unpaired) electrons. The summed E-state index contributed by atoms with van der Waals surface area (Å²) in [4.78, 5) is 2.36. The first-order valence-electron chi connectivity index (χ1n) is 7.17. The third kappa shape index (κ3) is 3.54. The van der Waals surface area contributed by atoms with E-state index in [0.29, 0.717) is 23.7 Å². The molecule has 2 nitrogen and oxygen atoms in total. The first-order valence-corrected chi connectivity index (χ1v) is 7.17. The van der Waals surface area contributed by atoms with Gasteiger partial charge >= 0.3 is 0 Å². The van der Waals surface area contributed by atoms with Crippen LogP contribution in [-0.2, 0) is 6.54 Å². The minimum absolute atomic E-state index is 0.256. The van der Waals surface area contributed by atoms with Crippen molar-refractivity contribution in [1.82, 2.24) is 4.90 Å². The van der Waals surface area contributed by atoms with Crippen molar-refractivity contribution >= 4 is 0 Å². The van der Waals surface area contributed by atoms with Crippen LogP contribution in [0.3, 0.4) is 0 Å². The Morgan fingerprint density at radius 1 is 1.32 bits per heavy atom. The summed E-state index contributed by atoms with van der Waals surface area (Å²) in [5, 5.41) is 8.76. The van der Waals surface area contributed by atoms with Crippen LogP contribution in [0.15, 0.2) is 18.2 Å². The molecule has 2 rings (SSSR count). The molecule has 19 heavy (non-hydrogen) atoms. The SMILES string of the molecule is CCN(Cc1ccc(C#N)cc1F)C1CCCCC1. The van der Waals surface area contributed by atoms with Gasteiger partial charge in [-0.25, -0.2) is 4.39 Å². The molecule has 0 saturated heterocycles. The predicted molar refractivity (Wildman–Crippen MR) is 74.1 cm³/mol. The fourth-order valence-electron chi connectivity index (χ4n) is 2.91. The van der Waals surface area contributed by atoms with E-state index in [4.69, 9.17) is 5.26 Å². The summed E-state index contributed by atoms with van der Waals surface area (Å²) in [5.74, 6) is -0.256. The third-order valence-electron chi connectivity index (χ3n) is 4.05. The van der Waals surface area contributed by atoms with Crippen LogP contribution in [0.1, 0.15) is 50.2 Å². The van der Waals surface area contributed by atoms with E-state index in [-0.39, 0.29) is 5.82 Å². The quantitative estimate of drug-likeness (QED) is 0.822. The van der Waals surface area contributed by atoms with Gasteiger partial charge < -0.3 is 0 Å². The van der Waals surface area contributed by atoms with Gasteiger partial charge in [0.05, 0.1) is 11.6 Å². The summed E-state index contributed by atoms with van der Waals surface area (Å²) in [6.45, 7) is 3.74. The zero-order valence-corrected chi connectivity index (χ0v) is 11.5. The molecule has 102 valence electrons. The Labute approximate surface area is 114 Å². The number of benzene rings is 1. The maximum absolute atomic E-state index is 13.9. The van der Waals surface area contributed by atoms with Gasteiger partial charge in [0.1, 0.15) is 5.82 Å². The predicted octanol–water partition coefficient (Wildman–Crippen LogP) is 3.85. The molecule has 0 bridgehead atoms. The van der Waals surface area contributed by atoms with E-state index in [2.05, 4.69) is 11.8 Å². The second-order valence-corrected chi connectivity index (χ2v) is 5.27. The average Bonchev–Trinajstić information content (AvgIpc) is 2.47. The van der Waals surface area contributed by atoms with Gasteiger partial charge in [-0.15, -0.1) is 0 Å². The monoisotopic (exact) mass is 260 g/mol. The fourth-order valence-corrected chi connectivity index (χ4v) is 2.91. The number of nitrogens with zero attached hydrogens (tertiary/aromatic N) is 2. The summed E-state index contributed by atoms with van der Waals surface area (Å²) < 4.78 is 13.9. The number of rotatable bonds is 4. The smallest absolute Gasteiger partial charge is 0.129 e. The summed E-state index contributed by atoms with van der Waals surface area (Å²) in [5.41, 5.74) is 1.09. The van der Waals surface area contributed by atoms with E-state index in [0.717, 1.165) is 6.54 Å². The largest absolute Gasteiger partial charge is 0.296 e. The molecule has 0 aromatic heterocycles. The first kappa shape index (κ1) is 14.0. The highest BCUT2D eigenvalue weighted by molar-refractivity contribution is 5.32.